The van der Waals surface area contributed by atoms with Gasteiger partial charge in [0.05, 0.1) is 10.7 Å². The van der Waals surface area contributed by atoms with Crippen molar-refractivity contribution in [2.24, 2.45) is 0 Å². The number of benzene rings is 1. The zero-order chi connectivity index (χ0) is 19.6. The smallest absolute Gasteiger partial charge is 0.282 e. The zero-order valence-corrected chi connectivity index (χ0v) is 15.7. The van der Waals surface area contributed by atoms with E-state index in [1.807, 2.05) is 6.92 Å². The van der Waals surface area contributed by atoms with Crippen molar-refractivity contribution < 1.29 is 18.7 Å². The van der Waals surface area contributed by atoms with E-state index in [1.54, 1.807) is 18.3 Å². The first kappa shape index (κ1) is 19.1. The average molecular weight is 392 g/mol. The highest BCUT2D eigenvalue weighted by Gasteiger charge is 2.51. The molecule has 0 radical (unpaired) electrons. The molecule has 8 heteroatoms. The van der Waals surface area contributed by atoms with E-state index in [4.69, 9.17) is 16.3 Å². The van der Waals surface area contributed by atoms with E-state index in [1.165, 1.54) is 24.0 Å². The Hall–Kier alpha value is -2.67. The number of ether oxygens (including phenoxy) is 1. The van der Waals surface area contributed by atoms with Crippen molar-refractivity contribution in [3.63, 3.8) is 0 Å². The van der Waals surface area contributed by atoms with E-state index in [-0.39, 0.29) is 10.7 Å². The number of nitrogens with zero attached hydrogens (tertiary/aromatic N) is 2. The first-order valence-corrected chi connectivity index (χ1v) is 8.97. The van der Waals surface area contributed by atoms with Crippen LogP contribution in [0.3, 0.4) is 0 Å². The lowest BCUT2D eigenvalue weighted by molar-refractivity contribution is -0.145. The van der Waals surface area contributed by atoms with Gasteiger partial charge < -0.3 is 10.1 Å². The lowest BCUT2D eigenvalue weighted by atomic mass is 10.0. The predicted octanol–water partition coefficient (Wildman–Crippen LogP) is 3.80. The van der Waals surface area contributed by atoms with Gasteiger partial charge in [0.25, 0.3) is 17.4 Å². The molecule has 142 valence electrons. The number of amides is 2. The number of anilines is 2. The van der Waals surface area contributed by atoms with E-state index in [0.717, 1.165) is 18.9 Å². The second-order valence-corrected chi connectivity index (χ2v) is 6.76. The first-order valence-electron chi connectivity index (χ1n) is 8.59. The van der Waals surface area contributed by atoms with Crippen molar-refractivity contribution in [1.29, 1.82) is 0 Å². The number of fused-ring (bicyclic) bond motifs is 1. The first-order chi connectivity index (χ1) is 12.9. The molecule has 2 heterocycles. The maximum atomic E-state index is 13.2. The summed E-state index contributed by atoms with van der Waals surface area (Å²) in [7, 11) is 0. The van der Waals surface area contributed by atoms with Crippen LogP contribution in [0.15, 0.2) is 36.5 Å². The number of rotatable bonds is 5. The predicted molar refractivity (Wildman–Crippen MR) is 101 cm³/mol. The minimum absolute atomic E-state index is 0.0279. The standard InChI is InChI=1S/C19H19ClFN3O3/c1-3-4-10-24-16-15(6-5-9-22-16)27-19(2,18(24)26)17(25)23-14-8-7-12(21)11-13(14)20/h5-9,11H,3-4,10H2,1-2H3,(H,23,25)/t19-/m1/s1. The maximum Gasteiger partial charge on any atom is 0.282 e. The molecular weight excluding hydrogens is 373 g/mol. The van der Waals surface area contributed by atoms with Crippen LogP contribution in [-0.4, -0.2) is 28.9 Å². The molecule has 0 unspecified atom stereocenters. The van der Waals surface area contributed by atoms with Crippen LogP contribution in [0.4, 0.5) is 15.9 Å². The topological polar surface area (TPSA) is 71.5 Å². The summed E-state index contributed by atoms with van der Waals surface area (Å²) in [6.07, 6.45) is 3.19. The number of carbonyl (C=O) groups is 2. The van der Waals surface area contributed by atoms with Gasteiger partial charge in [0.15, 0.2) is 11.6 Å². The zero-order valence-electron chi connectivity index (χ0n) is 15.0. The molecule has 0 spiro atoms. The lowest BCUT2D eigenvalue weighted by Crippen LogP contribution is -2.61. The molecule has 1 aromatic carbocycles. The van der Waals surface area contributed by atoms with E-state index >= 15 is 0 Å². The Labute approximate surface area is 161 Å². The Balaban J connectivity index is 1.93. The Kier molecular flexibility index (Phi) is 5.32. The number of halogens is 2. The summed E-state index contributed by atoms with van der Waals surface area (Å²) < 4.78 is 19.0. The van der Waals surface area contributed by atoms with Crippen LogP contribution >= 0.6 is 11.6 Å². The molecule has 1 aliphatic heterocycles. The highest BCUT2D eigenvalue weighted by molar-refractivity contribution is 6.34. The van der Waals surface area contributed by atoms with Gasteiger partial charge in [0.2, 0.25) is 0 Å². The molecule has 0 bridgehead atoms. The highest BCUT2D eigenvalue weighted by Crippen LogP contribution is 2.37. The van der Waals surface area contributed by atoms with Crippen molar-refractivity contribution in [1.82, 2.24) is 4.98 Å². The number of pyridine rings is 1. The Bertz CT molecular complexity index is 892. The van der Waals surface area contributed by atoms with Crippen LogP contribution in [0.1, 0.15) is 26.7 Å². The summed E-state index contributed by atoms with van der Waals surface area (Å²) in [5.41, 5.74) is -1.61. The molecule has 1 N–H and O–H groups in total. The van der Waals surface area contributed by atoms with E-state index in [2.05, 4.69) is 10.3 Å². The van der Waals surface area contributed by atoms with Gasteiger partial charge in [-0.25, -0.2) is 9.37 Å². The minimum atomic E-state index is -1.80. The second kappa shape index (κ2) is 7.52. The van der Waals surface area contributed by atoms with Crippen LogP contribution in [0, 0.1) is 5.82 Å². The van der Waals surface area contributed by atoms with Gasteiger partial charge in [-0.05, 0) is 43.7 Å². The summed E-state index contributed by atoms with van der Waals surface area (Å²) in [5.74, 6) is -1.01. The van der Waals surface area contributed by atoms with Gasteiger partial charge in [0.1, 0.15) is 5.82 Å². The van der Waals surface area contributed by atoms with Gasteiger partial charge in [-0.3, -0.25) is 14.5 Å². The molecule has 27 heavy (non-hydrogen) atoms. The third kappa shape index (κ3) is 3.60. The third-order valence-corrected chi connectivity index (χ3v) is 4.63. The monoisotopic (exact) mass is 391 g/mol. The van der Waals surface area contributed by atoms with Crippen molar-refractivity contribution >= 4 is 34.9 Å². The summed E-state index contributed by atoms with van der Waals surface area (Å²) in [5, 5.41) is 2.58. The lowest BCUT2D eigenvalue weighted by Gasteiger charge is -2.38. The van der Waals surface area contributed by atoms with E-state index in [9.17, 15) is 14.0 Å². The molecule has 2 aromatic rings. The molecule has 1 aromatic heterocycles. The SMILES string of the molecule is CCCCN1C(=O)[C@@](C)(C(=O)Nc2ccc(F)cc2Cl)Oc2cccnc21. The van der Waals surface area contributed by atoms with Crippen molar-refractivity contribution in [3.05, 3.63) is 47.4 Å². The summed E-state index contributed by atoms with van der Waals surface area (Å²) >= 11 is 5.97. The fourth-order valence-corrected chi connectivity index (χ4v) is 3.00. The average Bonchev–Trinajstić information content (AvgIpc) is 2.64. The maximum absolute atomic E-state index is 13.2. The third-order valence-electron chi connectivity index (χ3n) is 4.32. The van der Waals surface area contributed by atoms with Crippen molar-refractivity contribution in [3.8, 4) is 5.75 Å². The van der Waals surface area contributed by atoms with Gasteiger partial charge >= 0.3 is 0 Å². The van der Waals surface area contributed by atoms with E-state index < -0.39 is 23.2 Å². The molecule has 2 amide bonds. The second-order valence-electron chi connectivity index (χ2n) is 6.35. The fourth-order valence-electron chi connectivity index (χ4n) is 2.78. The minimum Gasteiger partial charge on any atom is -0.464 e. The quantitative estimate of drug-likeness (QED) is 0.787. The molecule has 1 atom stereocenters. The molecule has 0 aliphatic carbocycles. The Morgan fingerprint density at radius 2 is 2.19 bits per heavy atom. The Morgan fingerprint density at radius 1 is 1.41 bits per heavy atom. The Morgan fingerprint density at radius 3 is 2.89 bits per heavy atom. The van der Waals surface area contributed by atoms with E-state index in [0.29, 0.717) is 18.1 Å². The van der Waals surface area contributed by atoms with Crippen LogP contribution in [0.5, 0.6) is 5.75 Å². The number of nitrogens with one attached hydrogen (secondary N) is 1. The highest BCUT2D eigenvalue weighted by atomic mass is 35.5. The van der Waals surface area contributed by atoms with Gasteiger partial charge in [-0.1, -0.05) is 24.9 Å². The van der Waals surface area contributed by atoms with Gasteiger partial charge in [-0.2, -0.15) is 0 Å². The number of hydrogen-bond acceptors (Lipinski definition) is 4. The molecule has 3 rings (SSSR count). The molecule has 0 saturated heterocycles. The van der Waals surface area contributed by atoms with Crippen LogP contribution in [0.2, 0.25) is 5.02 Å². The summed E-state index contributed by atoms with van der Waals surface area (Å²) in [4.78, 5) is 31.7. The van der Waals surface area contributed by atoms with Crippen LogP contribution in [0.25, 0.3) is 0 Å². The fraction of sp³-hybridized carbons (Fsp3) is 0.316. The summed E-state index contributed by atoms with van der Waals surface area (Å²) in [6, 6.07) is 6.90. The van der Waals surface area contributed by atoms with Gasteiger partial charge in [0, 0.05) is 12.7 Å². The van der Waals surface area contributed by atoms with Gasteiger partial charge in [-0.15, -0.1) is 0 Å². The normalized spacial score (nSPS) is 18.7. The van der Waals surface area contributed by atoms with Crippen LogP contribution in [-0.2, 0) is 9.59 Å². The van der Waals surface area contributed by atoms with Crippen molar-refractivity contribution in [2.75, 3.05) is 16.8 Å². The number of carbonyl (C=O) groups excluding carboxylic acids is 2. The van der Waals surface area contributed by atoms with Crippen LogP contribution < -0.4 is 15.0 Å². The molecule has 1 aliphatic rings. The molecule has 6 nitrogen and oxygen atoms in total. The summed E-state index contributed by atoms with van der Waals surface area (Å²) in [6.45, 7) is 3.83. The number of unbranched alkanes of at least 4 members (excludes halogenated alkanes) is 1. The van der Waals surface area contributed by atoms with Crippen molar-refractivity contribution in [2.45, 2.75) is 32.3 Å². The number of hydrogen-bond donors (Lipinski definition) is 1. The molecule has 0 saturated carbocycles. The number of aromatic nitrogens is 1. The largest absolute Gasteiger partial charge is 0.464 e. The molecular formula is C19H19ClFN3O3. The molecule has 0 fully saturated rings.